The third kappa shape index (κ3) is 4.28. The van der Waals surface area contributed by atoms with E-state index in [1.165, 1.54) is 16.9 Å². The van der Waals surface area contributed by atoms with E-state index in [4.69, 9.17) is 4.74 Å². The second-order valence-corrected chi connectivity index (χ2v) is 11.0. The first-order chi connectivity index (χ1) is 17.0. The molecular formula is C29H25NO3S2. The molecule has 0 radical (unpaired) electrons. The highest BCUT2D eigenvalue weighted by atomic mass is 32.2. The van der Waals surface area contributed by atoms with Crippen molar-refractivity contribution in [2.45, 2.75) is 30.2 Å². The zero-order valence-corrected chi connectivity index (χ0v) is 21.4. The van der Waals surface area contributed by atoms with E-state index in [9.17, 15) is 9.59 Å². The molecule has 6 heteroatoms. The lowest BCUT2D eigenvalue weighted by atomic mass is 10.1. The summed E-state index contributed by atoms with van der Waals surface area (Å²) in [5.74, 6) is -0.490. The summed E-state index contributed by atoms with van der Waals surface area (Å²) in [5.41, 5.74) is 4.95. The van der Waals surface area contributed by atoms with E-state index in [0.29, 0.717) is 21.4 Å². The van der Waals surface area contributed by atoms with Gasteiger partial charge >= 0.3 is 5.97 Å². The molecule has 176 valence electrons. The number of ketones is 1. The molecule has 0 bridgehead atoms. The van der Waals surface area contributed by atoms with Gasteiger partial charge in [0, 0.05) is 22.4 Å². The van der Waals surface area contributed by atoms with Crippen LogP contribution in [0.15, 0.2) is 83.2 Å². The van der Waals surface area contributed by atoms with Crippen LogP contribution in [0.3, 0.4) is 0 Å². The fourth-order valence-electron chi connectivity index (χ4n) is 4.30. The van der Waals surface area contributed by atoms with Crippen LogP contribution < -0.4 is 0 Å². The summed E-state index contributed by atoms with van der Waals surface area (Å²) >= 11 is 3.17. The molecule has 35 heavy (non-hydrogen) atoms. The number of ether oxygens (including phenoxy) is 1. The first-order valence-corrected chi connectivity index (χ1v) is 13.2. The number of nitrogens with zero attached hydrogens (tertiary/aromatic N) is 1. The summed E-state index contributed by atoms with van der Waals surface area (Å²) in [6.07, 6.45) is 1.98. The minimum Gasteiger partial charge on any atom is -0.462 e. The number of hydrogen-bond donors (Lipinski definition) is 0. The molecule has 0 fully saturated rings. The number of carbonyl (C=O) groups excluding carboxylic acids is 2. The minimum absolute atomic E-state index is 0.0852. The molecule has 0 N–H and O–H groups in total. The maximum absolute atomic E-state index is 13.7. The number of carbonyl (C=O) groups is 2. The van der Waals surface area contributed by atoms with Crippen molar-refractivity contribution in [1.29, 1.82) is 0 Å². The summed E-state index contributed by atoms with van der Waals surface area (Å²) < 4.78 is 8.52. The Balaban J connectivity index is 1.79. The van der Waals surface area contributed by atoms with Gasteiger partial charge < -0.3 is 9.14 Å². The third-order valence-corrected chi connectivity index (χ3v) is 8.53. The topological polar surface area (TPSA) is 47.8 Å². The van der Waals surface area contributed by atoms with Gasteiger partial charge in [0.25, 0.3) is 0 Å². The molecule has 3 heterocycles. The number of esters is 1. The summed E-state index contributed by atoms with van der Waals surface area (Å²) in [6, 6.07) is 23.6. The Morgan fingerprint density at radius 2 is 1.71 bits per heavy atom. The molecule has 3 aromatic heterocycles. The standard InChI is InChI=1S/C29H25NO3S2/c1-4-33-28(32)23-22-17-18(2)15-16-30(22)25-24(23)27(26(31)21-13-9-6-10-14-21)35-29(25)34-19(3)20-11-7-5-8-12-20/h5-17,19H,4H2,1-3H3. The zero-order chi connectivity index (χ0) is 24.5. The first kappa shape index (κ1) is 23.4. The van der Waals surface area contributed by atoms with Crippen molar-refractivity contribution in [1.82, 2.24) is 4.40 Å². The molecule has 4 nitrogen and oxygen atoms in total. The highest BCUT2D eigenvalue weighted by Crippen LogP contribution is 2.48. The van der Waals surface area contributed by atoms with Crippen LogP contribution in [0.5, 0.6) is 0 Å². The molecule has 1 unspecified atom stereocenters. The molecule has 0 aliphatic rings. The molecule has 0 aliphatic heterocycles. The lowest BCUT2D eigenvalue weighted by Crippen LogP contribution is -2.06. The van der Waals surface area contributed by atoms with Crippen molar-refractivity contribution >= 4 is 51.3 Å². The van der Waals surface area contributed by atoms with Gasteiger partial charge in [0.1, 0.15) is 0 Å². The van der Waals surface area contributed by atoms with Gasteiger partial charge in [-0.2, -0.15) is 0 Å². The molecule has 5 rings (SSSR count). The number of fused-ring (bicyclic) bond motifs is 3. The van der Waals surface area contributed by atoms with E-state index in [0.717, 1.165) is 20.8 Å². The first-order valence-electron chi connectivity index (χ1n) is 11.5. The maximum atomic E-state index is 13.7. The van der Waals surface area contributed by atoms with E-state index in [1.54, 1.807) is 18.7 Å². The highest BCUT2D eigenvalue weighted by molar-refractivity contribution is 8.01. The number of thiophene rings is 1. The van der Waals surface area contributed by atoms with Crippen LogP contribution in [0.25, 0.3) is 16.4 Å². The Labute approximate surface area is 212 Å². The van der Waals surface area contributed by atoms with Crippen LogP contribution in [-0.2, 0) is 4.74 Å². The number of aryl methyl sites for hydroxylation is 1. The van der Waals surface area contributed by atoms with Crippen molar-refractivity contribution in [3.05, 3.63) is 106 Å². The molecule has 5 aromatic rings. The van der Waals surface area contributed by atoms with Crippen LogP contribution >= 0.6 is 23.1 Å². The maximum Gasteiger partial charge on any atom is 0.341 e. The van der Waals surface area contributed by atoms with E-state index in [2.05, 4.69) is 19.1 Å². The fraction of sp³-hybridized carbons (Fsp3) is 0.172. The molecule has 0 amide bonds. The van der Waals surface area contributed by atoms with Gasteiger partial charge in [-0.15, -0.1) is 23.1 Å². The predicted molar refractivity (Wildman–Crippen MR) is 144 cm³/mol. The van der Waals surface area contributed by atoms with Gasteiger partial charge in [-0.1, -0.05) is 60.7 Å². The molecule has 0 spiro atoms. The van der Waals surface area contributed by atoms with E-state index < -0.39 is 5.97 Å². The minimum atomic E-state index is -0.404. The monoisotopic (exact) mass is 499 g/mol. The van der Waals surface area contributed by atoms with E-state index >= 15 is 0 Å². The van der Waals surface area contributed by atoms with E-state index in [-0.39, 0.29) is 17.6 Å². The summed E-state index contributed by atoms with van der Waals surface area (Å²) in [5, 5.41) is 0.843. The average Bonchev–Trinajstić information content (AvgIpc) is 3.40. The fourth-order valence-corrected chi connectivity index (χ4v) is 7.09. The Kier molecular flexibility index (Phi) is 6.50. The Morgan fingerprint density at radius 1 is 1.03 bits per heavy atom. The SMILES string of the molecule is CCOC(=O)c1c2c(C(=O)c3ccccc3)sc(SC(C)c3ccccc3)c2n2ccc(C)cc12. The number of thioether (sulfide) groups is 1. The molecule has 0 saturated carbocycles. The quantitative estimate of drug-likeness (QED) is 0.131. The van der Waals surface area contributed by atoms with Gasteiger partial charge in [-0.25, -0.2) is 4.79 Å². The molecule has 1 atom stereocenters. The van der Waals surface area contributed by atoms with Crippen LogP contribution in [-0.4, -0.2) is 22.8 Å². The second-order valence-electron chi connectivity index (χ2n) is 8.36. The summed E-state index contributed by atoms with van der Waals surface area (Å²) in [6.45, 7) is 6.22. The van der Waals surface area contributed by atoms with Gasteiger partial charge in [0.2, 0.25) is 5.78 Å². The van der Waals surface area contributed by atoms with Gasteiger partial charge in [-0.05, 0) is 44.0 Å². The molecule has 2 aromatic carbocycles. The largest absolute Gasteiger partial charge is 0.462 e. The predicted octanol–water partition coefficient (Wildman–Crippen LogP) is 7.72. The second kappa shape index (κ2) is 9.72. The number of aromatic nitrogens is 1. The zero-order valence-electron chi connectivity index (χ0n) is 19.8. The number of pyridine rings is 1. The Hall–Kier alpha value is -3.35. The van der Waals surface area contributed by atoms with Crippen molar-refractivity contribution in [3.8, 4) is 0 Å². The van der Waals surface area contributed by atoms with E-state index in [1.807, 2.05) is 78.2 Å². The normalized spacial score (nSPS) is 12.2. The van der Waals surface area contributed by atoms with Gasteiger partial charge in [-0.3, -0.25) is 4.79 Å². The molecule has 0 aliphatic carbocycles. The van der Waals surface area contributed by atoms with Crippen LogP contribution in [0, 0.1) is 6.92 Å². The van der Waals surface area contributed by atoms with Crippen molar-refractivity contribution in [3.63, 3.8) is 0 Å². The summed E-state index contributed by atoms with van der Waals surface area (Å²) in [4.78, 5) is 27.6. The number of hydrogen-bond acceptors (Lipinski definition) is 5. The van der Waals surface area contributed by atoms with Crippen molar-refractivity contribution in [2.24, 2.45) is 0 Å². The van der Waals surface area contributed by atoms with Crippen molar-refractivity contribution < 1.29 is 14.3 Å². The Morgan fingerprint density at radius 3 is 2.40 bits per heavy atom. The lowest BCUT2D eigenvalue weighted by molar-refractivity contribution is 0.0531. The molecule has 0 saturated heterocycles. The van der Waals surface area contributed by atoms with Gasteiger partial charge in [0.05, 0.1) is 32.3 Å². The molecular weight excluding hydrogens is 474 g/mol. The average molecular weight is 500 g/mol. The van der Waals surface area contributed by atoms with Gasteiger partial charge in [0.15, 0.2) is 0 Å². The van der Waals surface area contributed by atoms with Crippen LogP contribution in [0.1, 0.15) is 55.8 Å². The van der Waals surface area contributed by atoms with Crippen LogP contribution in [0.2, 0.25) is 0 Å². The summed E-state index contributed by atoms with van der Waals surface area (Å²) in [7, 11) is 0. The van der Waals surface area contributed by atoms with Crippen molar-refractivity contribution in [2.75, 3.05) is 6.61 Å². The van der Waals surface area contributed by atoms with Crippen LogP contribution in [0.4, 0.5) is 0 Å². The Bertz CT molecular complexity index is 1530. The number of rotatable bonds is 7. The smallest absolute Gasteiger partial charge is 0.341 e. The number of benzene rings is 2. The third-order valence-electron chi connectivity index (χ3n) is 5.98. The lowest BCUT2D eigenvalue weighted by Gasteiger charge is -2.10. The highest BCUT2D eigenvalue weighted by Gasteiger charge is 2.30.